The molecule has 0 aliphatic rings. The molecule has 1 atom stereocenters. The molecule has 7 nitrogen and oxygen atoms in total. The van der Waals surface area contributed by atoms with Crippen LogP contribution in [0.3, 0.4) is 0 Å². The fraction of sp³-hybridized carbons (Fsp3) is 0.889. The predicted molar refractivity (Wildman–Crippen MR) is 103 cm³/mol. The number of ether oxygens (including phenoxy) is 3. The molecule has 0 amide bonds. The maximum absolute atomic E-state index is 11.2. The Morgan fingerprint density at radius 1 is 0.962 bits per heavy atom. The smallest absolute Gasteiger partial charge is 0.307 e. The lowest BCUT2D eigenvalue weighted by Crippen LogP contribution is -2.29. The summed E-state index contributed by atoms with van der Waals surface area (Å²) in [5, 5.41) is 0. The van der Waals surface area contributed by atoms with E-state index in [0.717, 1.165) is 12.8 Å². The number of rotatable bonds is 20. The maximum atomic E-state index is 11.2. The van der Waals surface area contributed by atoms with E-state index in [2.05, 4.69) is 23.7 Å². The Kier molecular flexibility index (Phi) is 17.5. The van der Waals surface area contributed by atoms with Gasteiger partial charge in [0.25, 0.3) is 0 Å². The minimum Gasteiger partial charge on any atom is -0.379 e. The Morgan fingerprint density at radius 2 is 1.54 bits per heavy atom. The maximum Gasteiger partial charge on any atom is 0.307 e. The quantitative estimate of drug-likeness (QED) is 0.192. The van der Waals surface area contributed by atoms with Crippen LogP contribution in [-0.2, 0) is 28.6 Å². The first kappa shape index (κ1) is 25.5. The van der Waals surface area contributed by atoms with Crippen LogP contribution >= 0.6 is 0 Å². The van der Waals surface area contributed by atoms with Gasteiger partial charge in [-0.05, 0) is 6.42 Å². The van der Waals surface area contributed by atoms with Gasteiger partial charge >= 0.3 is 10.1 Å². The largest absolute Gasteiger partial charge is 0.379 e. The third kappa shape index (κ3) is 16.9. The topological polar surface area (TPSA) is 97.1 Å². The van der Waals surface area contributed by atoms with E-state index in [0.29, 0.717) is 13.2 Å². The van der Waals surface area contributed by atoms with Gasteiger partial charge < -0.3 is 14.2 Å². The van der Waals surface area contributed by atoms with Gasteiger partial charge in [0.15, 0.2) is 5.94 Å². The molecule has 0 heterocycles. The zero-order valence-electron chi connectivity index (χ0n) is 16.2. The highest BCUT2D eigenvalue weighted by atomic mass is 32.2. The molecule has 156 valence electrons. The van der Waals surface area contributed by atoms with Crippen LogP contribution in [0.5, 0.6) is 0 Å². The highest BCUT2D eigenvalue weighted by molar-refractivity contribution is 7.86. The first-order valence-corrected chi connectivity index (χ1v) is 11.1. The first-order chi connectivity index (χ1) is 12.6. The Balaban J connectivity index is 3.76. The van der Waals surface area contributed by atoms with Crippen LogP contribution < -0.4 is 5.90 Å². The van der Waals surface area contributed by atoms with E-state index in [1.165, 1.54) is 44.9 Å². The lowest BCUT2D eigenvalue weighted by Gasteiger charge is -2.17. The van der Waals surface area contributed by atoms with Crippen molar-refractivity contribution in [1.29, 1.82) is 0 Å². The van der Waals surface area contributed by atoms with Gasteiger partial charge in [-0.3, -0.25) is 0 Å². The summed E-state index contributed by atoms with van der Waals surface area (Å²) < 4.78 is 42.5. The van der Waals surface area contributed by atoms with Gasteiger partial charge in [-0.15, -0.1) is 6.58 Å². The molecule has 0 aromatic rings. The second kappa shape index (κ2) is 17.9. The molecular weight excluding hydrogens is 358 g/mol. The molecular formula is C18H37NO6S. The van der Waals surface area contributed by atoms with Gasteiger partial charge in [0.1, 0.15) is 6.10 Å². The van der Waals surface area contributed by atoms with Crippen molar-refractivity contribution in [2.75, 3.05) is 32.4 Å². The second-order valence-corrected chi connectivity index (χ2v) is 7.83. The van der Waals surface area contributed by atoms with Crippen molar-refractivity contribution in [2.45, 2.75) is 70.8 Å². The molecule has 0 aromatic carbocycles. The third-order valence-corrected chi connectivity index (χ3v) is 4.55. The summed E-state index contributed by atoms with van der Waals surface area (Å²) in [5.41, 5.74) is 0. The summed E-state index contributed by atoms with van der Waals surface area (Å²) in [7, 11) is -3.88. The van der Waals surface area contributed by atoms with E-state index >= 15 is 0 Å². The minimum absolute atomic E-state index is 0.212. The van der Waals surface area contributed by atoms with E-state index < -0.39 is 22.2 Å². The van der Waals surface area contributed by atoms with Crippen molar-refractivity contribution in [1.82, 2.24) is 0 Å². The zero-order chi connectivity index (χ0) is 19.5. The Hall–Kier alpha value is -0.510. The number of unbranched alkanes of at least 4 members (excludes halogenated alkanes) is 8. The van der Waals surface area contributed by atoms with Gasteiger partial charge in [-0.25, -0.2) is 0 Å². The average molecular weight is 396 g/mol. The molecule has 0 rings (SSSR count). The molecule has 0 spiro atoms. The van der Waals surface area contributed by atoms with Crippen LogP contribution in [0, 0.1) is 0 Å². The molecule has 0 aliphatic heterocycles. The fourth-order valence-electron chi connectivity index (χ4n) is 2.36. The minimum atomic E-state index is -3.88. The molecule has 1 unspecified atom stereocenters. The molecule has 0 aliphatic carbocycles. The van der Waals surface area contributed by atoms with Crippen LogP contribution in [-0.4, -0.2) is 46.9 Å². The van der Waals surface area contributed by atoms with Gasteiger partial charge in [0.2, 0.25) is 0 Å². The summed E-state index contributed by atoms with van der Waals surface area (Å²) in [4.78, 5) is 0. The number of nitrogens with two attached hydrogens (primary N) is 1. The molecule has 8 heteroatoms. The normalized spacial score (nSPS) is 13.0. The summed E-state index contributed by atoms with van der Waals surface area (Å²) in [5.74, 6) is 4.05. The van der Waals surface area contributed by atoms with Crippen LogP contribution in [0.1, 0.15) is 64.7 Å². The van der Waals surface area contributed by atoms with Crippen molar-refractivity contribution in [3.8, 4) is 0 Å². The highest BCUT2D eigenvalue weighted by Crippen LogP contribution is 2.09. The van der Waals surface area contributed by atoms with Crippen molar-refractivity contribution in [3.63, 3.8) is 0 Å². The molecule has 26 heavy (non-hydrogen) atoms. The predicted octanol–water partition coefficient (Wildman–Crippen LogP) is 3.30. The van der Waals surface area contributed by atoms with E-state index in [9.17, 15) is 8.42 Å². The molecule has 2 N–H and O–H groups in total. The summed E-state index contributed by atoms with van der Waals surface area (Å²) in [6.45, 7) is 7.24. The standard InChI is InChI=1S/C18H37NO6S/c1-3-5-6-7-8-9-10-11-12-14-23-16-18(15-22-13-4-2)24-17-26(20,21)25-19/h4,18H,2-3,5-17,19H2,1H3. The fourth-order valence-corrected chi connectivity index (χ4v) is 2.78. The summed E-state index contributed by atoms with van der Waals surface area (Å²) >= 11 is 0. The highest BCUT2D eigenvalue weighted by Gasteiger charge is 2.16. The van der Waals surface area contributed by atoms with Gasteiger partial charge in [-0.2, -0.15) is 18.6 Å². The monoisotopic (exact) mass is 395 g/mol. The van der Waals surface area contributed by atoms with Gasteiger partial charge in [-0.1, -0.05) is 64.4 Å². The zero-order valence-corrected chi connectivity index (χ0v) is 17.0. The van der Waals surface area contributed by atoms with Crippen molar-refractivity contribution >= 4 is 10.1 Å². The van der Waals surface area contributed by atoms with Crippen LogP contribution in [0.25, 0.3) is 0 Å². The Labute approximate surface area is 159 Å². The van der Waals surface area contributed by atoms with Crippen LogP contribution in [0.2, 0.25) is 0 Å². The molecule has 0 fully saturated rings. The molecule has 0 bridgehead atoms. The molecule has 0 saturated carbocycles. The second-order valence-electron chi connectivity index (χ2n) is 6.29. The molecule has 0 aromatic heterocycles. The summed E-state index contributed by atoms with van der Waals surface area (Å²) in [6.07, 6.45) is 12.4. The van der Waals surface area contributed by atoms with Crippen molar-refractivity contribution in [3.05, 3.63) is 12.7 Å². The molecule has 0 radical (unpaired) electrons. The molecule has 0 saturated heterocycles. The Bertz CT molecular complexity index is 416. The Morgan fingerprint density at radius 3 is 2.12 bits per heavy atom. The lowest BCUT2D eigenvalue weighted by molar-refractivity contribution is -0.0443. The van der Waals surface area contributed by atoms with E-state index in [-0.39, 0.29) is 13.2 Å². The van der Waals surface area contributed by atoms with Crippen molar-refractivity contribution in [2.24, 2.45) is 5.90 Å². The number of hydrogen-bond donors (Lipinski definition) is 1. The SMILES string of the molecule is C=CCOCC(COCCCCCCCCCCC)OCS(=O)(=O)ON. The van der Waals surface area contributed by atoms with E-state index in [1.807, 2.05) is 0 Å². The third-order valence-electron chi connectivity index (χ3n) is 3.83. The van der Waals surface area contributed by atoms with E-state index in [1.54, 1.807) is 6.08 Å². The number of hydrogen-bond acceptors (Lipinski definition) is 7. The van der Waals surface area contributed by atoms with E-state index in [4.69, 9.17) is 14.2 Å². The first-order valence-electron chi connectivity index (χ1n) is 9.54. The van der Waals surface area contributed by atoms with Crippen molar-refractivity contribution < 1.29 is 26.9 Å². The average Bonchev–Trinajstić information content (AvgIpc) is 2.63. The summed E-state index contributed by atoms with van der Waals surface area (Å²) in [6, 6.07) is 0. The lowest BCUT2D eigenvalue weighted by atomic mass is 10.1. The van der Waals surface area contributed by atoms with Gasteiger partial charge in [0, 0.05) is 6.61 Å². The van der Waals surface area contributed by atoms with Crippen LogP contribution in [0.15, 0.2) is 12.7 Å². The van der Waals surface area contributed by atoms with Gasteiger partial charge in [0.05, 0.1) is 19.8 Å². The van der Waals surface area contributed by atoms with Crippen LogP contribution in [0.4, 0.5) is 0 Å².